The van der Waals surface area contributed by atoms with Gasteiger partial charge in [-0.1, -0.05) is 24.6 Å². The largest absolute Gasteiger partial charge is 0.368 e. The van der Waals surface area contributed by atoms with Gasteiger partial charge in [0.2, 0.25) is 0 Å². The van der Waals surface area contributed by atoms with Crippen molar-refractivity contribution in [3.05, 3.63) is 28.8 Å². The van der Waals surface area contributed by atoms with Gasteiger partial charge in [0, 0.05) is 23.3 Å². The Morgan fingerprint density at radius 3 is 2.76 bits per heavy atom. The van der Waals surface area contributed by atoms with Crippen LogP contribution in [0.1, 0.15) is 25.8 Å². The van der Waals surface area contributed by atoms with E-state index in [-0.39, 0.29) is 0 Å². The quantitative estimate of drug-likeness (QED) is 0.896. The minimum Gasteiger partial charge on any atom is -0.368 e. The van der Waals surface area contributed by atoms with Crippen molar-refractivity contribution >= 4 is 17.3 Å². The van der Waals surface area contributed by atoms with E-state index in [1.54, 1.807) is 0 Å². The van der Waals surface area contributed by atoms with E-state index in [2.05, 4.69) is 30.9 Å². The molecule has 1 aliphatic rings. The Balaban J connectivity index is 2.32. The molecule has 2 N–H and O–H groups in total. The first kappa shape index (κ1) is 12.7. The van der Waals surface area contributed by atoms with E-state index in [0.717, 1.165) is 23.9 Å². The second-order valence-corrected chi connectivity index (χ2v) is 5.59. The molecule has 0 radical (unpaired) electrons. The van der Waals surface area contributed by atoms with Gasteiger partial charge in [-0.3, -0.25) is 0 Å². The summed E-state index contributed by atoms with van der Waals surface area (Å²) in [6.45, 7) is 6.41. The zero-order valence-electron chi connectivity index (χ0n) is 10.6. The third kappa shape index (κ3) is 2.75. The zero-order chi connectivity index (χ0) is 12.4. The molecule has 1 saturated heterocycles. The fourth-order valence-corrected chi connectivity index (χ4v) is 2.97. The molecule has 0 saturated carbocycles. The molecule has 0 amide bonds. The van der Waals surface area contributed by atoms with Crippen LogP contribution in [0.15, 0.2) is 18.2 Å². The molecule has 17 heavy (non-hydrogen) atoms. The summed E-state index contributed by atoms with van der Waals surface area (Å²) in [6, 6.07) is 6.75. The monoisotopic (exact) mass is 252 g/mol. The van der Waals surface area contributed by atoms with Crippen LogP contribution in [0.5, 0.6) is 0 Å². The normalized spacial score (nSPS) is 24.4. The number of benzene rings is 1. The maximum Gasteiger partial charge on any atom is 0.0426 e. The van der Waals surface area contributed by atoms with Crippen LogP contribution >= 0.6 is 11.6 Å². The molecule has 94 valence electrons. The van der Waals surface area contributed by atoms with Gasteiger partial charge in [-0.2, -0.15) is 0 Å². The van der Waals surface area contributed by atoms with E-state index in [1.807, 2.05) is 6.07 Å². The smallest absolute Gasteiger partial charge is 0.0426 e. The zero-order valence-corrected chi connectivity index (χ0v) is 11.4. The highest BCUT2D eigenvalue weighted by molar-refractivity contribution is 6.30. The van der Waals surface area contributed by atoms with E-state index in [4.69, 9.17) is 17.3 Å². The molecule has 2 rings (SSSR count). The highest BCUT2D eigenvalue weighted by Gasteiger charge is 2.27. The maximum absolute atomic E-state index is 6.12. The second kappa shape index (κ2) is 5.28. The summed E-state index contributed by atoms with van der Waals surface area (Å²) in [5, 5.41) is 0.813. The van der Waals surface area contributed by atoms with Crippen LogP contribution in [0.2, 0.25) is 5.02 Å². The van der Waals surface area contributed by atoms with Crippen LogP contribution in [0.4, 0.5) is 5.69 Å². The highest BCUT2D eigenvalue weighted by Crippen LogP contribution is 2.33. The number of rotatable bonds is 3. The minimum absolute atomic E-state index is 0.597. The first-order valence-corrected chi connectivity index (χ1v) is 6.74. The summed E-state index contributed by atoms with van der Waals surface area (Å²) >= 11 is 6.12. The van der Waals surface area contributed by atoms with Gasteiger partial charge < -0.3 is 10.6 Å². The van der Waals surface area contributed by atoms with Crippen molar-refractivity contribution in [1.82, 2.24) is 0 Å². The van der Waals surface area contributed by atoms with Gasteiger partial charge in [0.25, 0.3) is 0 Å². The first-order chi connectivity index (χ1) is 8.11. The highest BCUT2D eigenvalue weighted by atomic mass is 35.5. The number of nitrogens with zero attached hydrogens (tertiary/aromatic N) is 1. The topological polar surface area (TPSA) is 29.3 Å². The van der Waals surface area contributed by atoms with Crippen molar-refractivity contribution in [2.45, 2.75) is 32.7 Å². The van der Waals surface area contributed by atoms with Gasteiger partial charge in [-0.05, 0) is 49.9 Å². The summed E-state index contributed by atoms with van der Waals surface area (Å²) in [6.07, 6.45) is 2.18. The maximum atomic E-state index is 6.12. The molecule has 2 unspecified atom stereocenters. The molecular weight excluding hydrogens is 232 g/mol. The molecule has 0 bridgehead atoms. The van der Waals surface area contributed by atoms with Gasteiger partial charge in [0.05, 0.1) is 0 Å². The summed E-state index contributed by atoms with van der Waals surface area (Å²) in [4.78, 5) is 2.47. The second-order valence-electron chi connectivity index (χ2n) is 5.15. The number of halogens is 1. The number of nitrogens with two attached hydrogens (primary N) is 1. The molecule has 2 nitrogen and oxygen atoms in total. The van der Waals surface area contributed by atoms with Gasteiger partial charge in [-0.25, -0.2) is 0 Å². The van der Waals surface area contributed by atoms with Crippen molar-refractivity contribution in [1.29, 1.82) is 0 Å². The average Bonchev–Trinajstić information content (AvgIpc) is 2.61. The number of hydrogen-bond acceptors (Lipinski definition) is 2. The molecule has 3 heteroatoms. The van der Waals surface area contributed by atoms with Gasteiger partial charge in [0.15, 0.2) is 0 Å². The lowest BCUT2D eigenvalue weighted by molar-refractivity contribution is 0.625. The summed E-state index contributed by atoms with van der Waals surface area (Å²) in [7, 11) is 0. The molecule has 0 aromatic heterocycles. The molecule has 2 atom stereocenters. The van der Waals surface area contributed by atoms with Crippen LogP contribution in [0, 0.1) is 5.92 Å². The third-order valence-electron chi connectivity index (χ3n) is 3.55. The Labute approximate surface area is 109 Å². The van der Waals surface area contributed by atoms with Crippen LogP contribution in [-0.4, -0.2) is 19.1 Å². The van der Waals surface area contributed by atoms with E-state index < -0.39 is 0 Å². The van der Waals surface area contributed by atoms with Crippen molar-refractivity contribution in [3.63, 3.8) is 0 Å². The van der Waals surface area contributed by atoms with Gasteiger partial charge in [0.1, 0.15) is 0 Å². The molecule has 0 spiro atoms. The average molecular weight is 253 g/mol. The predicted molar refractivity (Wildman–Crippen MR) is 74.8 cm³/mol. The number of anilines is 1. The fraction of sp³-hybridized carbons (Fsp3) is 0.571. The minimum atomic E-state index is 0.597. The molecule has 1 aliphatic heterocycles. The van der Waals surface area contributed by atoms with Crippen molar-refractivity contribution < 1.29 is 0 Å². The lowest BCUT2D eigenvalue weighted by atomic mass is 10.1. The fourth-order valence-electron chi connectivity index (χ4n) is 2.81. The van der Waals surface area contributed by atoms with Gasteiger partial charge >= 0.3 is 0 Å². The molecule has 1 heterocycles. The van der Waals surface area contributed by atoms with Crippen LogP contribution in [0.3, 0.4) is 0 Å². The lowest BCUT2D eigenvalue weighted by Crippen LogP contribution is -2.28. The summed E-state index contributed by atoms with van der Waals surface area (Å²) < 4.78 is 0. The van der Waals surface area contributed by atoms with Crippen molar-refractivity contribution in [2.24, 2.45) is 11.7 Å². The summed E-state index contributed by atoms with van der Waals surface area (Å²) in [5.41, 5.74) is 8.27. The summed E-state index contributed by atoms with van der Waals surface area (Å²) in [5.74, 6) is 0.759. The van der Waals surface area contributed by atoms with E-state index in [9.17, 15) is 0 Å². The third-order valence-corrected chi connectivity index (χ3v) is 3.79. The molecular formula is C14H21ClN2. The van der Waals surface area contributed by atoms with Crippen molar-refractivity contribution in [3.8, 4) is 0 Å². The van der Waals surface area contributed by atoms with E-state index >= 15 is 0 Å². The Bertz CT molecular complexity index is 392. The lowest BCUT2D eigenvalue weighted by Gasteiger charge is -2.26. The van der Waals surface area contributed by atoms with Crippen molar-refractivity contribution in [2.75, 3.05) is 18.0 Å². The molecule has 1 aromatic rings. The number of hydrogen-bond donors (Lipinski definition) is 1. The Morgan fingerprint density at radius 1 is 1.41 bits per heavy atom. The Kier molecular flexibility index (Phi) is 3.95. The SMILES string of the molecule is CC1CC(C)N(c2cc(Cl)ccc2CCN)C1. The van der Waals surface area contributed by atoms with E-state index in [0.29, 0.717) is 12.6 Å². The van der Waals surface area contributed by atoms with Crippen LogP contribution in [-0.2, 0) is 6.42 Å². The molecule has 1 fully saturated rings. The van der Waals surface area contributed by atoms with Crippen LogP contribution < -0.4 is 10.6 Å². The van der Waals surface area contributed by atoms with Crippen LogP contribution in [0.25, 0.3) is 0 Å². The molecule has 1 aromatic carbocycles. The van der Waals surface area contributed by atoms with E-state index in [1.165, 1.54) is 17.7 Å². The standard InChI is InChI=1S/C14H21ClN2/c1-10-7-11(2)17(9-10)14-8-13(15)4-3-12(14)5-6-16/h3-4,8,10-11H,5-7,9,16H2,1-2H3. The molecule has 0 aliphatic carbocycles. The Morgan fingerprint density at radius 2 is 2.18 bits per heavy atom. The first-order valence-electron chi connectivity index (χ1n) is 6.37. The van der Waals surface area contributed by atoms with Gasteiger partial charge in [-0.15, -0.1) is 0 Å². The Hall–Kier alpha value is -0.730. The predicted octanol–water partition coefficient (Wildman–Crippen LogP) is 3.08.